The maximum atomic E-state index is 11.4. The fourth-order valence-electron chi connectivity index (χ4n) is 1.25. The molecule has 8 heteroatoms. The molecule has 2 aromatic rings. The quantitative estimate of drug-likeness (QED) is 0.644. The molecule has 0 amide bonds. The van der Waals surface area contributed by atoms with E-state index >= 15 is 0 Å². The summed E-state index contributed by atoms with van der Waals surface area (Å²) >= 11 is 0. The summed E-state index contributed by atoms with van der Waals surface area (Å²) in [5, 5.41) is 13.8. The first-order chi connectivity index (χ1) is 7.00. The number of sulfonamides is 1. The van der Waals surface area contributed by atoms with Gasteiger partial charge in [-0.1, -0.05) is 11.3 Å². The van der Waals surface area contributed by atoms with Crippen molar-refractivity contribution in [2.24, 2.45) is 5.14 Å². The number of aromatic amines is 1. The Bertz CT molecular complexity index is 671. The maximum absolute atomic E-state index is 11.4. The summed E-state index contributed by atoms with van der Waals surface area (Å²) in [5.41, 5.74) is -0.449. The predicted octanol–water partition coefficient (Wildman–Crippen LogP) is -1.03. The monoisotopic (exact) mass is 226 g/mol. The molecule has 0 aliphatic carbocycles. The maximum Gasteiger partial charge on any atom is 0.276 e. The first-order valence-electron chi connectivity index (χ1n) is 3.87. The second-order valence-electron chi connectivity index (χ2n) is 2.84. The molecule has 0 saturated heterocycles. The van der Waals surface area contributed by atoms with Crippen LogP contribution in [0.3, 0.4) is 0 Å². The van der Waals surface area contributed by atoms with Crippen molar-refractivity contribution in [1.82, 2.24) is 15.4 Å². The molecular weight excluding hydrogens is 220 g/mol. The van der Waals surface area contributed by atoms with Gasteiger partial charge in [0.25, 0.3) is 5.56 Å². The van der Waals surface area contributed by atoms with E-state index in [2.05, 4.69) is 15.4 Å². The van der Waals surface area contributed by atoms with Gasteiger partial charge >= 0.3 is 0 Å². The number of hydrogen-bond acceptors (Lipinski definition) is 5. The molecule has 78 valence electrons. The zero-order valence-corrected chi connectivity index (χ0v) is 8.15. The Hall–Kier alpha value is -1.80. The lowest BCUT2D eigenvalue weighted by molar-refractivity contribution is 0.598. The molecular formula is C7H6N4O3S. The van der Waals surface area contributed by atoms with Gasteiger partial charge in [-0.05, 0) is 12.1 Å². The fourth-order valence-corrected chi connectivity index (χ4v) is 2.00. The summed E-state index contributed by atoms with van der Waals surface area (Å²) in [6.07, 6.45) is 0. The van der Waals surface area contributed by atoms with Gasteiger partial charge < -0.3 is 0 Å². The van der Waals surface area contributed by atoms with Crippen molar-refractivity contribution in [3.8, 4) is 0 Å². The number of aromatic nitrogens is 3. The number of hydrogen-bond donors (Lipinski definition) is 2. The summed E-state index contributed by atoms with van der Waals surface area (Å²) in [6, 6.07) is 4.16. The van der Waals surface area contributed by atoms with E-state index in [1.54, 1.807) is 0 Å². The summed E-state index contributed by atoms with van der Waals surface area (Å²) in [5.74, 6) is 0. The molecule has 0 fully saturated rings. The third-order valence-electron chi connectivity index (χ3n) is 1.85. The first kappa shape index (κ1) is 9.74. The standard InChI is InChI=1S/C7H6N4O3S/c8-15(13,14)5-3-1-2-4-6(5)7(12)10-11-9-4/h1-3H,(H2,8,13,14)(H,9,10,12). The molecule has 0 atom stereocenters. The third kappa shape index (κ3) is 1.60. The van der Waals surface area contributed by atoms with Crippen LogP contribution >= 0.6 is 0 Å². The van der Waals surface area contributed by atoms with Crippen molar-refractivity contribution in [3.05, 3.63) is 28.6 Å². The van der Waals surface area contributed by atoms with Gasteiger partial charge in [0.2, 0.25) is 10.0 Å². The Morgan fingerprint density at radius 2 is 2.07 bits per heavy atom. The minimum atomic E-state index is -3.94. The SMILES string of the molecule is NS(=O)(=O)c1cccc2nn[nH]c(=O)c12. The smallest absolute Gasteiger partial charge is 0.267 e. The molecule has 1 heterocycles. The Balaban J connectivity index is 3.06. The van der Waals surface area contributed by atoms with Crippen LogP contribution in [0.1, 0.15) is 0 Å². The van der Waals surface area contributed by atoms with Gasteiger partial charge in [-0.3, -0.25) is 4.79 Å². The number of fused-ring (bicyclic) bond motifs is 1. The average molecular weight is 226 g/mol. The molecule has 0 saturated carbocycles. The van der Waals surface area contributed by atoms with E-state index in [0.29, 0.717) is 0 Å². The van der Waals surface area contributed by atoms with Crippen molar-refractivity contribution >= 4 is 20.9 Å². The highest BCUT2D eigenvalue weighted by atomic mass is 32.2. The van der Waals surface area contributed by atoms with Gasteiger partial charge in [0.1, 0.15) is 5.52 Å². The van der Waals surface area contributed by atoms with Crippen molar-refractivity contribution in [2.45, 2.75) is 4.90 Å². The van der Waals surface area contributed by atoms with E-state index < -0.39 is 15.6 Å². The molecule has 0 bridgehead atoms. The van der Waals surface area contributed by atoms with Gasteiger partial charge in [0.15, 0.2) is 0 Å². The number of nitrogens with one attached hydrogen (secondary N) is 1. The summed E-state index contributed by atoms with van der Waals surface area (Å²) < 4.78 is 22.4. The molecule has 15 heavy (non-hydrogen) atoms. The molecule has 1 aromatic heterocycles. The second-order valence-corrected chi connectivity index (χ2v) is 4.37. The number of rotatable bonds is 1. The van der Waals surface area contributed by atoms with Crippen molar-refractivity contribution < 1.29 is 8.42 Å². The number of benzene rings is 1. The second kappa shape index (κ2) is 3.11. The molecule has 2 rings (SSSR count). The third-order valence-corrected chi connectivity index (χ3v) is 2.80. The highest BCUT2D eigenvalue weighted by Gasteiger charge is 2.15. The molecule has 7 nitrogen and oxygen atoms in total. The van der Waals surface area contributed by atoms with E-state index in [-0.39, 0.29) is 15.8 Å². The van der Waals surface area contributed by atoms with E-state index in [9.17, 15) is 13.2 Å². The van der Waals surface area contributed by atoms with Crippen LogP contribution in [0.25, 0.3) is 10.9 Å². The lowest BCUT2D eigenvalue weighted by Crippen LogP contribution is -2.18. The predicted molar refractivity (Wildman–Crippen MR) is 51.5 cm³/mol. The number of nitrogens with two attached hydrogens (primary N) is 1. The van der Waals surface area contributed by atoms with Crippen LogP contribution in [0.15, 0.2) is 27.9 Å². The molecule has 0 unspecified atom stereocenters. The minimum Gasteiger partial charge on any atom is -0.267 e. The zero-order chi connectivity index (χ0) is 11.1. The lowest BCUT2D eigenvalue weighted by atomic mass is 10.2. The summed E-state index contributed by atoms with van der Waals surface area (Å²) in [7, 11) is -3.94. The average Bonchev–Trinajstić information content (AvgIpc) is 2.16. The molecule has 3 N–H and O–H groups in total. The van der Waals surface area contributed by atoms with Crippen molar-refractivity contribution in [3.63, 3.8) is 0 Å². The number of primary sulfonamides is 1. The van der Waals surface area contributed by atoms with Crippen molar-refractivity contribution in [1.29, 1.82) is 0 Å². The molecule has 0 aliphatic heterocycles. The normalized spacial score (nSPS) is 11.8. The van der Waals surface area contributed by atoms with E-state index in [1.807, 2.05) is 0 Å². The Morgan fingerprint density at radius 1 is 1.33 bits per heavy atom. The molecule has 0 aliphatic rings. The van der Waals surface area contributed by atoms with Crippen LogP contribution in [0, 0.1) is 0 Å². The number of H-pyrrole nitrogens is 1. The van der Waals surface area contributed by atoms with E-state index in [4.69, 9.17) is 5.14 Å². The Morgan fingerprint density at radius 3 is 2.73 bits per heavy atom. The minimum absolute atomic E-state index is 0.0741. The van der Waals surface area contributed by atoms with Crippen LogP contribution < -0.4 is 10.7 Å². The molecule has 0 spiro atoms. The highest BCUT2D eigenvalue weighted by molar-refractivity contribution is 7.89. The summed E-state index contributed by atoms with van der Waals surface area (Å²) in [4.78, 5) is 11.1. The van der Waals surface area contributed by atoms with Crippen LogP contribution in [0.4, 0.5) is 0 Å². The van der Waals surface area contributed by atoms with Gasteiger partial charge in [0, 0.05) is 0 Å². The van der Waals surface area contributed by atoms with Crippen molar-refractivity contribution in [2.75, 3.05) is 0 Å². The zero-order valence-electron chi connectivity index (χ0n) is 7.34. The lowest BCUT2D eigenvalue weighted by Gasteiger charge is -2.00. The first-order valence-corrected chi connectivity index (χ1v) is 5.41. The topological polar surface area (TPSA) is 119 Å². The van der Waals surface area contributed by atoms with Crippen LogP contribution in [0.5, 0.6) is 0 Å². The number of nitrogens with zero attached hydrogens (tertiary/aromatic N) is 2. The Kier molecular flexibility index (Phi) is 2.02. The Labute approximate surface area is 84.0 Å². The van der Waals surface area contributed by atoms with Gasteiger partial charge in [0.05, 0.1) is 10.3 Å². The summed E-state index contributed by atoms with van der Waals surface area (Å²) in [6.45, 7) is 0. The van der Waals surface area contributed by atoms with Gasteiger partial charge in [-0.2, -0.15) is 0 Å². The fraction of sp³-hybridized carbons (Fsp3) is 0. The van der Waals surface area contributed by atoms with E-state index in [1.165, 1.54) is 18.2 Å². The molecule has 1 aromatic carbocycles. The van der Waals surface area contributed by atoms with Crippen LogP contribution in [-0.2, 0) is 10.0 Å². The van der Waals surface area contributed by atoms with E-state index in [0.717, 1.165) is 0 Å². The van der Waals surface area contributed by atoms with Crippen LogP contribution in [0.2, 0.25) is 0 Å². The highest BCUT2D eigenvalue weighted by Crippen LogP contribution is 2.15. The van der Waals surface area contributed by atoms with Crippen LogP contribution in [-0.4, -0.2) is 23.8 Å². The van der Waals surface area contributed by atoms with Gasteiger partial charge in [-0.15, -0.1) is 5.10 Å². The van der Waals surface area contributed by atoms with Gasteiger partial charge in [-0.25, -0.2) is 18.7 Å². The molecule has 0 radical (unpaired) electrons. The largest absolute Gasteiger partial charge is 0.276 e.